The third kappa shape index (κ3) is 3.36. The highest BCUT2D eigenvalue weighted by Gasteiger charge is 2.58. The Labute approximate surface area is 151 Å². The van der Waals surface area contributed by atoms with E-state index in [1.54, 1.807) is 24.5 Å². The first kappa shape index (κ1) is 16.8. The lowest BCUT2D eigenvalue weighted by Crippen LogP contribution is -2.39. The Bertz CT molecular complexity index is 722. The van der Waals surface area contributed by atoms with Crippen molar-refractivity contribution in [1.29, 1.82) is 0 Å². The van der Waals surface area contributed by atoms with Crippen molar-refractivity contribution in [2.24, 2.45) is 5.41 Å². The number of methoxy groups -OCH3 is 1. The number of hydrogen-bond donors (Lipinski definition) is 1. The Morgan fingerprint density at radius 1 is 1.52 bits per heavy atom. The van der Waals surface area contributed by atoms with Gasteiger partial charge in [-0.05, 0) is 60.2 Å². The van der Waals surface area contributed by atoms with Crippen LogP contribution in [0, 0.1) is 5.41 Å². The summed E-state index contributed by atoms with van der Waals surface area (Å²) in [5.74, 6) is 0.534. The molecule has 1 saturated carbocycles. The Kier molecular flexibility index (Phi) is 4.62. The average Bonchev–Trinajstić information content (AvgIpc) is 3.04. The Balaban J connectivity index is 1.55. The molecule has 3 heterocycles. The Morgan fingerprint density at radius 2 is 2.36 bits per heavy atom. The minimum Gasteiger partial charge on any atom is -0.377 e. The molecule has 2 aromatic heterocycles. The molecule has 0 aromatic carbocycles. The molecular weight excluding hydrogens is 338 g/mol. The SMILES string of the molecule is COCc1cc(C(=O)N(Cc2ccsc2)[C@H]2CC23CCNCC3)no1. The molecule has 2 aliphatic rings. The molecule has 134 valence electrons. The highest BCUT2D eigenvalue weighted by atomic mass is 32.1. The molecule has 2 fully saturated rings. The summed E-state index contributed by atoms with van der Waals surface area (Å²) in [6, 6.07) is 4.08. The van der Waals surface area contributed by atoms with Crippen molar-refractivity contribution < 1.29 is 14.1 Å². The van der Waals surface area contributed by atoms with Gasteiger partial charge in [-0.25, -0.2) is 0 Å². The summed E-state index contributed by atoms with van der Waals surface area (Å²) in [6.07, 6.45) is 3.37. The molecule has 1 aliphatic carbocycles. The van der Waals surface area contributed by atoms with E-state index in [1.165, 1.54) is 5.56 Å². The van der Waals surface area contributed by atoms with Crippen LogP contribution in [0.4, 0.5) is 0 Å². The minimum absolute atomic E-state index is 0.0438. The molecular formula is C18H23N3O3S. The quantitative estimate of drug-likeness (QED) is 0.857. The zero-order valence-electron chi connectivity index (χ0n) is 14.4. The molecule has 2 aromatic rings. The van der Waals surface area contributed by atoms with Crippen LogP contribution in [0.2, 0.25) is 0 Å². The lowest BCUT2D eigenvalue weighted by atomic mass is 9.93. The van der Waals surface area contributed by atoms with E-state index in [0.717, 1.165) is 32.4 Å². The molecule has 4 rings (SSSR count). The summed E-state index contributed by atoms with van der Waals surface area (Å²) in [4.78, 5) is 15.1. The van der Waals surface area contributed by atoms with Gasteiger partial charge in [0.25, 0.3) is 5.91 Å². The molecule has 1 saturated heterocycles. The predicted molar refractivity (Wildman–Crippen MR) is 94.4 cm³/mol. The lowest BCUT2D eigenvalue weighted by molar-refractivity contribution is 0.0681. The number of aromatic nitrogens is 1. The first-order valence-electron chi connectivity index (χ1n) is 8.69. The number of nitrogens with zero attached hydrogens (tertiary/aromatic N) is 2. The second-order valence-corrected chi connectivity index (χ2v) is 7.79. The van der Waals surface area contributed by atoms with Crippen molar-refractivity contribution in [3.05, 3.63) is 39.9 Å². The zero-order chi connectivity index (χ0) is 17.3. The van der Waals surface area contributed by atoms with Gasteiger partial charge in [-0.2, -0.15) is 11.3 Å². The van der Waals surface area contributed by atoms with E-state index in [9.17, 15) is 4.79 Å². The van der Waals surface area contributed by atoms with Gasteiger partial charge in [0.15, 0.2) is 11.5 Å². The Morgan fingerprint density at radius 3 is 3.08 bits per heavy atom. The van der Waals surface area contributed by atoms with E-state index in [4.69, 9.17) is 9.26 Å². The second kappa shape index (κ2) is 6.90. The molecule has 0 radical (unpaired) electrons. The van der Waals surface area contributed by atoms with Gasteiger partial charge in [-0.15, -0.1) is 0 Å². The molecule has 1 amide bonds. The van der Waals surface area contributed by atoms with Crippen LogP contribution >= 0.6 is 11.3 Å². The minimum atomic E-state index is -0.0438. The van der Waals surface area contributed by atoms with Gasteiger partial charge in [0.2, 0.25) is 0 Å². The smallest absolute Gasteiger partial charge is 0.276 e. The van der Waals surface area contributed by atoms with E-state index in [0.29, 0.717) is 30.6 Å². The average molecular weight is 361 g/mol. The number of rotatable bonds is 6. The van der Waals surface area contributed by atoms with Crippen LogP contribution < -0.4 is 5.32 Å². The fraction of sp³-hybridized carbons (Fsp3) is 0.556. The summed E-state index contributed by atoms with van der Waals surface area (Å²) in [5, 5.41) is 11.6. The molecule has 1 N–H and O–H groups in total. The van der Waals surface area contributed by atoms with E-state index in [2.05, 4.69) is 27.3 Å². The van der Waals surface area contributed by atoms with Crippen molar-refractivity contribution in [2.75, 3.05) is 20.2 Å². The maximum atomic E-state index is 13.1. The first-order valence-corrected chi connectivity index (χ1v) is 9.63. The molecule has 1 aliphatic heterocycles. The fourth-order valence-electron chi connectivity index (χ4n) is 3.90. The highest BCUT2D eigenvalue weighted by Crippen LogP contribution is 2.56. The summed E-state index contributed by atoms with van der Waals surface area (Å²) < 4.78 is 10.3. The molecule has 25 heavy (non-hydrogen) atoms. The Hall–Kier alpha value is -1.70. The molecule has 6 nitrogen and oxygen atoms in total. The van der Waals surface area contributed by atoms with Crippen LogP contribution in [-0.4, -0.2) is 42.2 Å². The number of carbonyl (C=O) groups is 1. The topological polar surface area (TPSA) is 67.6 Å². The number of carbonyl (C=O) groups excluding carboxylic acids is 1. The standard InChI is InChI=1S/C18H23N3O3S/c1-23-11-14-8-15(20-24-14)17(22)21(10-13-2-7-25-12-13)16-9-18(16)3-5-19-6-4-18/h2,7-8,12,16,19H,3-6,9-11H2,1H3/t16-/m0/s1. The predicted octanol–water partition coefficient (Wildman–Crippen LogP) is 2.67. The summed E-state index contributed by atoms with van der Waals surface area (Å²) >= 11 is 1.66. The van der Waals surface area contributed by atoms with Gasteiger partial charge in [0.1, 0.15) is 6.61 Å². The lowest BCUT2D eigenvalue weighted by Gasteiger charge is -2.29. The van der Waals surface area contributed by atoms with Gasteiger partial charge in [0, 0.05) is 25.8 Å². The van der Waals surface area contributed by atoms with Crippen LogP contribution in [0.25, 0.3) is 0 Å². The first-order chi connectivity index (χ1) is 12.2. The van der Waals surface area contributed by atoms with Crippen LogP contribution in [-0.2, 0) is 17.9 Å². The maximum Gasteiger partial charge on any atom is 0.276 e. The third-order valence-electron chi connectivity index (χ3n) is 5.38. The van der Waals surface area contributed by atoms with Gasteiger partial charge in [0.05, 0.1) is 0 Å². The number of amides is 1. The normalized spacial score (nSPS) is 21.4. The van der Waals surface area contributed by atoms with E-state index in [-0.39, 0.29) is 11.3 Å². The van der Waals surface area contributed by atoms with Crippen LogP contribution in [0.15, 0.2) is 27.4 Å². The van der Waals surface area contributed by atoms with Crippen molar-refractivity contribution in [3.8, 4) is 0 Å². The monoisotopic (exact) mass is 361 g/mol. The number of ether oxygens (including phenoxy) is 1. The summed E-state index contributed by atoms with van der Waals surface area (Å²) in [6.45, 7) is 3.04. The van der Waals surface area contributed by atoms with E-state index >= 15 is 0 Å². The van der Waals surface area contributed by atoms with E-state index < -0.39 is 0 Å². The number of hydrogen-bond acceptors (Lipinski definition) is 6. The van der Waals surface area contributed by atoms with Crippen molar-refractivity contribution in [3.63, 3.8) is 0 Å². The van der Waals surface area contributed by atoms with Crippen LogP contribution in [0.3, 0.4) is 0 Å². The summed E-state index contributed by atoms with van der Waals surface area (Å²) in [5.41, 5.74) is 1.84. The van der Waals surface area contributed by atoms with Crippen molar-refractivity contribution in [1.82, 2.24) is 15.4 Å². The molecule has 0 bridgehead atoms. The number of piperidine rings is 1. The molecule has 1 atom stereocenters. The van der Waals surface area contributed by atoms with Gasteiger partial charge < -0.3 is 19.5 Å². The number of nitrogens with one attached hydrogen (secondary N) is 1. The fourth-order valence-corrected chi connectivity index (χ4v) is 4.56. The van der Waals surface area contributed by atoms with Crippen molar-refractivity contribution in [2.45, 2.75) is 38.5 Å². The molecule has 0 unspecified atom stereocenters. The zero-order valence-corrected chi connectivity index (χ0v) is 15.2. The van der Waals surface area contributed by atoms with Gasteiger partial charge >= 0.3 is 0 Å². The highest BCUT2D eigenvalue weighted by molar-refractivity contribution is 7.07. The van der Waals surface area contributed by atoms with Gasteiger partial charge in [-0.3, -0.25) is 4.79 Å². The summed E-state index contributed by atoms with van der Waals surface area (Å²) in [7, 11) is 1.60. The largest absolute Gasteiger partial charge is 0.377 e. The molecule has 1 spiro atoms. The second-order valence-electron chi connectivity index (χ2n) is 7.01. The van der Waals surface area contributed by atoms with Crippen LogP contribution in [0.5, 0.6) is 0 Å². The van der Waals surface area contributed by atoms with Crippen molar-refractivity contribution >= 4 is 17.2 Å². The van der Waals surface area contributed by atoms with Gasteiger partial charge in [-0.1, -0.05) is 5.16 Å². The van der Waals surface area contributed by atoms with Crippen LogP contribution in [0.1, 0.15) is 41.1 Å². The third-order valence-corrected chi connectivity index (χ3v) is 6.11. The number of thiophene rings is 1. The maximum absolute atomic E-state index is 13.1. The van der Waals surface area contributed by atoms with E-state index in [1.807, 2.05) is 4.90 Å². The molecule has 7 heteroatoms.